The Bertz CT molecular complexity index is 310. The van der Waals surface area contributed by atoms with Crippen LogP contribution in [0.15, 0.2) is 24.3 Å². The fourth-order valence-electron chi connectivity index (χ4n) is 2.47. The van der Waals surface area contributed by atoms with E-state index in [1.54, 1.807) is 0 Å². The van der Waals surface area contributed by atoms with Crippen LogP contribution in [-0.2, 0) is 0 Å². The summed E-state index contributed by atoms with van der Waals surface area (Å²) in [7, 11) is 0. The molecule has 0 bridgehead atoms. The molecule has 1 fully saturated rings. The Kier molecular flexibility index (Phi) is 3.83. The van der Waals surface area contributed by atoms with Gasteiger partial charge in [0.1, 0.15) is 0 Å². The largest absolute Gasteiger partial charge is 0.399 e. The Morgan fingerprint density at radius 1 is 1.00 bits per heavy atom. The summed E-state index contributed by atoms with van der Waals surface area (Å²) in [5.74, 6) is 0. The number of hydrogen-bond donors (Lipinski definition) is 1. The van der Waals surface area contributed by atoms with Gasteiger partial charge in [-0.2, -0.15) is 0 Å². The molecule has 1 aromatic rings. The Hall–Kier alpha value is -1.02. The molecule has 0 saturated carbocycles. The zero-order valence-electron chi connectivity index (χ0n) is 10.2. The Morgan fingerprint density at radius 3 is 2.12 bits per heavy atom. The first-order valence-electron chi connectivity index (χ1n) is 6.37. The van der Waals surface area contributed by atoms with Crippen LogP contribution in [0.3, 0.4) is 0 Å². The van der Waals surface area contributed by atoms with E-state index < -0.39 is 0 Å². The lowest BCUT2D eigenvalue weighted by atomic mass is 10.1. The molecule has 1 unspecified atom stereocenters. The molecule has 0 aromatic heterocycles. The fourth-order valence-corrected chi connectivity index (χ4v) is 2.47. The van der Waals surface area contributed by atoms with Crippen LogP contribution in [0.5, 0.6) is 0 Å². The first-order valence-corrected chi connectivity index (χ1v) is 6.37. The molecule has 1 aliphatic heterocycles. The van der Waals surface area contributed by atoms with E-state index in [9.17, 15) is 0 Å². The van der Waals surface area contributed by atoms with Crippen molar-refractivity contribution in [3.8, 4) is 0 Å². The van der Waals surface area contributed by atoms with Gasteiger partial charge in [0.15, 0.2) is 0 Å². The van der Waals surface area contributed by atoms with Gasteiger partial charge in [-0.15, -0.1) is 0 Å². The van der Waals surface area contributed by atoms with Crippen LogP contribution < -0.4 is 5.73 Å². The van der Waals surface area contributed by atoms with Gasteiger partial charge in [-0.05, 0) is 50.6 Å². The molecule has 0 amide bonds. The predicted octanol–water partition coefficient (Wildman–Crippen LogP) is 3.21. The van der Waals surface area contributed by atoms with Crippen LogP contribution in [-0.4, -0.2) is 18.0 Å². The quantitative estimate of drug-likeness (QED) is 0.772. The van der Waals surface area contributed by atoms with Crippen molar-refractivity contribution in [3.63, 3.8) is 0 Å². The van der Waals surface area contributed by atoms with Gasteiger partial charge in [-0.1, -0.05) is 25.0 Å². The summed E-state index contributed by atoms with van der Waals surface area (Å²) >= 11 is 0. The van der Waals surface area contributed by atoms with Crippen molar-refractivity contribution in [2.75, 3.05) is 18.8 Å². The number of rotatable bonds is 2. The van der Waals surface area contributed by atoms with Crippen LogP contribution in [0.25, 0.3) is 0 Å². The van der Waals surface area contributed by atoms with Crippen LogP contribution in [0.1, 0.15) is 44.2 Å². The molecule has 0 radical (unpaired) electrons. The van der Waals surface area contributed by atoms with Gasteiger partial charge in [0.2, 0.25) is 0 Å². The smallest absolute Gasteiger partial charge is 0.0319 e. The first-order chi connectivity index (χ1) is 7.77. The monoisotopic (exact) mass is 218 g/mol. The maximum Gasteiger partial charge on any atom is 0.0319 e. The number of nitrogen functional groups attached to an aromatic ring is 1. The van der Waals surface area contributed by atoms with E-state index in [0.717, 1.165) is 5.69 Å². The maximum atomic E-state index is 5.72. The summed E-state index contributed by atoms with van der Waals surface area (Å²) in [4.78, 5) is 2.60. The molecular weight excluding hydrogens is 196 g/mol. The van der Waals surface area contributed by atoms with Gasteiger partial charge in [0.25, 0.3) is 0 Å². The zero-order valence-corrected chi connectivity index (χ0v) is 10.2. The highest BCUT2D eigenvalue weighted by Crippen LogP contribution is 2.24. The van der Waals surface area contributed by atoms with Crippen LogP contribution >= 0.6 is 0 Å². The number of nitrogens with two attached hydrogens (primary N) is 1. The molecule has 0 spiro atoms. The van der Waals surface area contributed by atoms with Gasteiger partial charge in [0.05, 0.1) is 0 Å². The van der Waals surface area contributed by atoms with E-state index in [1.807, 2.05) is 12.1 Å². The molecule has 1 atom stereocenters. The van der Waals surface area contributed by atoms with Crippen molar-refractivity contribution < 1.29 is 0 Å². The van der Waals surface area contributed by atoms with Gasteiger partial charge in [-0.25, -0.2) is 0 Å². The highest BCUT2D eigenvalue weighted by atomic mass is 15.1. The molecule has 2 rings (SSSR count). The molecule has 2 heteroatoms. The minimum absolute atomic E-state index is 0.527. The molecule has 2 nitrogen and oxygen atoms in total. The number of anilines is 1. The van der Waals surface area contributed by atoms with E-state index in [-0.39, 0.29) is 0 Å². The topological polar surface area (TPSA) is 29.3 Å². The molecule has 1 aromatic carbocycles. The van der Waals surface area contributed by atoms with E-state index in [2.05, 4.69) is 24.0 Å². The number of hydrogen-bond acceptors (Lipinski definition) is 2. The molecule has 16 heavy (non-hydrogen) atoms. The maximum absolute atomic E-state index is 5.72. The minimum atomic E-state index is 0.527. The molecule has 1 saturated heterocycles. The predicted molar refractivity (Wildman–Crippen MR) is 69.3 cm³/mol. The van der Waals surface area contributed by atoms with Crippen molar-refractivity contribution in [2.45, 2.75) is 38.6 Å². The Balaban J connectivity index is 2.04. The minimum Gasteiger partial charge on any atom is -0.399 e. The standard InChI is InChI=1S/C14H22N2/c1-12(13-6-8-14(15)9-7-13)16-10-4-2-3-5-11-16/h6-9,12H,2-5,10-11,15H2,1H3. The lowest BCUT2D eigenvalue weighted by Crippen LogP contribution is -2.27. The summed E-state index contributed by atoms with van der Waals surface area (Å²) < 4.78 is 0. The third-order valence-electron chi connectivity index (χ3n) is 3.61. The van der Waals surface area contributed by atoms with Crippen molar-refractivity contribution in [1.82, 2.24) is 4.90 Å². The normalized spacial score (nSPS) is 20.3. The second-order valence-electron chi connectivity index (χ2n) is 4.79. The third-order valence-corrected chi connectivity index (χ3v) is 3.61. The van der Waals surface area contributed by atoms with Crippen molar-refractivity contribution in [3.05, 3.63) is 29.8 Å². The number of likely N-dealkylation sites (tertiary alicyclic amines) is 1. The molecule has 1 aliphatic rings. The van der Waals surface area contributed by atoms with E-state index in [4.69, 9.17) is 5.73 Å². The van der Waals surface area contributed by atoms with Crippen LogP contribution in [0.4, 0.5) is 5.69 Å². The van der Waals surface area contributed by atoms with Gasteiger partial charge >= 0.3 is 0 Å². The van der Waals surface area contributed by atoms with Gasteiger partial charge < -0.3 is 5.73 Å². The molecule has 88 valence electrons. The SMILES string of the molecule is CC(c1ccc(N)cc1)N1CCCCCC1. The summed E-state index contributed by atoms with van der Waals surface area (Å²) in [5, 5.41) is 0. The average molecular weight is 218 g/mol. The molecule has 0 aliphatic carbocycles. The second-order valence-corrected chi connectivity index (χ2v) is 4.79. The van der Waals surface area contributed by atoms with Crippen molar-refractivity contribution >= 4 is 5.69 Å². The average Bonchev–Trinajstić information content (AvgIpc) is 2.57. The first kappa shape index (κ1) is 11.5. The molecule has 2 N–H and O–H groups in total. The summed E-state index contributed by atoms with van der Waals surface area (Å²) in [6, 6.07) is 8.85. The van der Waals surface area contributed by atoms with Crippen LogP contribution in [0, 0.1) is 0 Å². The Morgan fingerprint density at radius 2 is 1.56 bits per heavy atom. The number of nitrogens with zero attached hydrogens (tertiary/aromatic N) is 1. The van der Waals surface area contributed by atoms with E-state index in [1.165, 1.54) is 44.3 Å². The third kappa shape index (κ3) is 2.76. The molecular formula is C14H22N2. The summed E-state index contributed by atoms with van der Waals surface area (Å²) in [6.07, 6.45) is 5.48. The lowest BCUT2D eigenvalue weighted by molar-refractivity contribution is 0.219. The summed E-state index contributed by atoms with van der Waals surface area (Å²) in [6.45, 7) is 4.79. The van der Waals surface area contributed by atoms with Crippen molar-refractivity contribution in [2.24, 2.45) is 0 Å². The van der Waals surface area contributed by atoms with Crippen LogP contribution in [0.2, 0.25) is 0 Å². The van der Waals surface area contributed by atoms with Gasteiger partial charge in [0, 0.05) is 11.7 Å². The number of benzene rings is 1. The summed E-state index contributed by atoms with van der Waals surface area (Å²) in [5.41, 5.74) is 7.96. The van der Waals surface area contributed by atoms with Crippen molar-refractivity contribution in [1.29, 1.82) is 0 Å². The Labute approximate surface area is 98.4 Å². The zero-order chi connectivity index (χ0) is 11.4. The lowest BCUT2D eigenvalue weighted by Gasteiger charge is -2.27. The fraction of sp³-hybridized carbons (Fsp3) is 0.571. The highest BCUT2D eigenvalue weighted by molar-refractivity contribution is 5.40. The highest BCUT2D eigenvalue weighted by Gasteiger charge is 2.16. The van der Waals surface area contributed by atoms with Gasteiger partial charge in [-0.3, -0.25) is 4.90 Å². The van der Waals surface area contributed by atoms with E-state index >= 15 is 0 Å². The second kappa shape index (κ2) is 5.35. The molecule has 1 heterocycles. The van der Waals surface area contributed by atoms with E-state index in [0.29, 0.717) is 6.04 Å².